The van der Waals surface area contributed by atoms with Crippen LogP contribution in [-0.2, 0) is 6.42 Å². The Hall–Kier alpha value is -1.48. The molecule has 0 amide bonds. The first-order valence-electron chi connectivity index (χ1n) is 6.74. The second-order valence-electron chi connectivity index (χ2n) is 5.08. The Balaban J connectivity index is 1.88. The Kier molecular flexibility index (Phi) is 3.24. The molecule has 1 aliphatic heterocycles. The molecule has 0 bridgehead atoms. The molecular formula is C15H20N2O. The summed E-state index contributed by atoms with van der Waals surface area (Å²) in [6, 6.07) is 7.04. The van der Waals surface area contributed by atoms with Crippen molar-refractivity contribution >= 4 is 10.9 Å². The number of hydrogen-bond acceptors (Lipinski definition) is 2. The van der Waals surface area contributed by atoms with E-state index >= 15 is 0 Å². The van der Waals surface area contributed by atoms with Gasteiger partial charge < -0.3 is 15.0 Å². The SMILES string of the molecule is COc1cc2cc[nH]c2cc1CC1CCCCN1. The molecule has 0 radical (unpaired) electrons. The molecule has 3 heteroatoms. The Morgan fingerprint density at radius 2 is 2.28 bits per heavy atom. The first-order chi connectivity index (χ1) is 8.86. The summed E-state index contributed by atoms with van der Waals surface area (Å²) in [5.74, 6) is 1.01. The quantitative estimate of drug-likeness (QED) is 0.871. The summed E-state index contributed by atoms with van der Waals surface area (Å²) < 4.78 is 5.52. The molecule has 2 aromatic rings. The predicted octanol–water partition coefficient (Wildman–Crippen LogP) is 2.86. The van der Waals surface area contributed by atoms with Crippen molar-refractivity contribution in [3.05, 3.63) is 30.0 Å². The molecule has 2 N–H and O–H groups in total. The monoisotopic (exact) mass is 244 g/mol. The van der Waals surface area contributed by atoms with E-state index in [1.165, 1.54) is 35.7 Å². The van der Waals surface area contributed by atoms with Crippen molar-refractivity contribution in [1.29, 1.82) is 0 Å². The van der Waals surface area contributed by atoms with E-state index in [2.05, 4.69) is 28.5 Å². The standard InChI is InChI=1S/C15H20N2O/c1-18-15-10-11-5-7-17-14(11)9-12(15)8-13-4-2-3-6-16-13/h5,7,9-10,13,16-17H,2-4,6,8H2,1H3. The molecule has 1 aromatic carbocycles. The summed E-state index contributed by atoms with van der Waals surface area (Å²) in [6.07, 6.45) is 6.95. The van der Waals surface area contributed by atoms with Gasteiger partial charge in [-0.2, -0.15) is 0 Å². The highest BCUT2D eigenvalue weighted by Crippen LogP contribution is 2.27. The van der Waals surface area contributed by atoms with Gasteiger partial charge in [-0.05, 0) is 49.6 Å². The number of methoxy groups -OCH3 is 1. The number of benzene rings is 1. The zero-order valence-electron chi connectivity index (χ0n) is 10.8. The van der Waals surface area contributed by atoms with Crippen LogP contribution < -0.4 is 10.1 Å². The van der Waals surface area contributed by atoms with Gasteiger partial charge in [0.1, 0.15) is 5.75 Å². The van der Waals surface area contributed by atoms with Crippen LogP contribution in [0.3, 0.4) is 0 Å². The molecule has 3 rings (SSSR count). The van der Waals surface area contributed by atoms with Crippen molar-refractivity contribution in [2.75, 3.05) is 13.7 Å². The Bertz CT molecular complexity index is 526. The number of rotatable bonds is 3. The lowest BCUT2D eigenvalue weighted by Gasteiger charge is -2.24. The molecule has 2 heterocycles. The molecule has 1 atom stereocenters. The maximum absolute atomic E-state index is 5.52. The summed E-state index contributed by atoms with van der Waals surface area (Å²) in [5, 5.41) is 4.81. The summed E-state index contributed by atoms with van der Waals surface area (Å²) in [4.78, 5) is 3.27. The zero-order chi connectivity index (χ0) is 12.4. The minimum Gasteiger partial charge on any atom is -0.496 e. The highest BCUT2D eigenvalue weighted by Gasteiger charge is 2.16. The van der Waals surface area contributed by atoms with E-state index in [4.69, 9.17) is 4.74 Å². The summed E-state index contributed by atoms with van der Waals surface area (Å²) in [7, 11) is 1.76. The topological polar surface area (TPSA) is 37.0 Å². The number of hydrogen-bond donors (Lipinski definition) is 2. The number of H-pyrrole nitrogens is 1. The van der Waals surface area contributed by atoms with Crippen molar-refractivity contribution in [3.63, 3.8) is 0 Å². The minimum atomic E-state index is 0.597. The van der Waals surface area contributed by atoms with Crippen molar-refractivity contribution < 1.29 is 4.74 Å². The summed E-state index contributed by atoms with van der Waals surface area (Å²) >= 11 is 0. The van der Waals surface area contributed by atoms with E-state index < -0.39 is 0 Å². The molecule has 0 spiro atoms. The lowest BCUT2D eigenvalue weighted by atomic mass is 9.96. The summed E-state index contributed by atoms with van der Waals surface area (Å²) in [5.41, 5.74) is 2.49. The average Bonchev–Trinajstić information content (AvgIpc) is 2.86. The number of nitrogens with one attached hydrogen (secondary N) is 2. The fourth-order valence-corrected chi connectivity index (χ4v) is 2.84. The molecule has 1 saturated heterocycles. The highest BCUT2D eigenvalue weighted by molar-refractivity contribution is 5.82. The molecule has 3 nitrogen and oxygen atoms in total. The predicted molar refractivity (Wildman–Crippen MR) is 74.2 cm³/mol. The molecule has 1 aliphatic rings. The van der Waals surface area contributed by atoms with Crippen LogP contribution in [0.2, 0.25) is 0 Å². The van der Waals surface area contributed by atoms with Crippen LogP contribution in [-0.4, -0.2) is 24.7 Å². The van der Waals surface area contributed by atoms with Crippen LogP contribution >= 0.6 is 0 Å². The highest BCUT2D eigenvalue weighted by atomic mass is 16.5. The van der Waals surface area contributed by atoms with E-state index in [1.54, 1.807) is 7.11 Å². The number of fused-ring (bicyclic) bond motifs is 1. The first kappa shape index (κ1) is 11.6. The molecular weight excluding hydrogens is 224 g/mol. The number of aromatic nitrogens is 1. The first-order valence-corrected chi connectivity index (χ1v) is 6.74. The van der Waals surface area contributed by atoms with Gasteiger partial charge in [-0.1, -0.05) is 6.42 Å². The zero-order valence-corrected chi connectivity index (χ0v) is 10.8. The van der Waals surface area contributed by atoms with Crippen LogP contribution in [0.1, 0.15) is 24.8 Å². The lowest BCUT2D eigenvalue weighted by Crippen LogP contribution is -2.35. The van der Waals surface area contributed by atoms with Crippen molar-refractivity contribution in [1.82, 2.24) is 10.3 Å². The van der Waals surface area contributed by atoms with Crippen LogP contribution in [0.25, 0.3) is 10.9 Å². The van der Waals surface area contributed by atoms with Crippen molar-refractivity contribution in [3.8, 4) is 5.75 Å². The van der Waals surface area contributed by atoms with Crippen LogP contribution in [0, 0.1) is 0 Å². The van der Waals surface area contributed by atoms with Gasteiger partial charge in [0.2, 0.25) is 0 Å². The fraction of sp³-hybridized carbons (Fsp3) is 0.467. The number of aromatic amines is 1. The van der Waals surface area contributed by atoms with Gasteiger partial charge in [-0.25, -0.2) is 0 Å². The van der Waals surface area contributed by atoms with Gasteiger partial charge >= 0.3 is 0 Å². The number of ether oxygens (including phenoxy) is 1. The molecule has 1 fully saturated rings. The van der Waals surface area contributed by atoms with E-state index in [0.29, 0.717) is 6.04 Å². The second-order valence-corrected chi connectivity index (χ2v) is 5.08. The maximum atomic E-state index is 5.52. The minimum absolute atomic E-state index is 0.597. The van der Waals surface area contributed by atoms with Gasteiger partial charge in [0.05, 0.1) is 7.11 Å². The van der Waals surface area contributed by atoms with Gasteiger partial charge in [0.25, 0.3) is 0 Å². The second kappa shape index (κ2) is 5.02. The average molecular weight is 244 g/mol. The molecule has 18 heavy (non-hydrogen) atoms. The smallest absolute Gasteiger partial charge is 0.122 e. The normalized spacial score (nSPS) is 20.2. The van der Waals surface area contributed by atoms with Gasteiger partial charge in [0.15, 0.2) is 0 Å². The van der Waals surface area contributed by atoms with Crippen molar-refractivity contribution in [2.45, 2.75) is 31.7 Å². The van der Waals surface area contributed by atoms with Crippen LogP contribution in [0.15, 0.2) is 24.4 Å². The van der Waals surface area contributed by atoms with Gasteiger partial charge in [-0.3, -0.25) is 0 Å². The largest absolute Gasteiger partial charge is 0.496 e. The third-order valence-electron chi connectivity index (χ3n) is 3.83. The molecule has 0 aliphatic carbocycles. The van der Waals surface area contributed by atoms with Gasteiger partial charge in [0, 0.05) is 23.1 Å². The molecule has 1 aromatic heterocycles. The Labute approximate surface area is 108 Å². The van der Waals surface area contributed by atoms with E-state index in [-0.39, 0.29) is 0 Å². The van der Waals surface area contributed by atoms with Crippen LogP contribution in [0.4, 0.5) is 0 Å². The molecule has 1 unspecified atom stereocenters. The number of piperidine rings is 1. The third kappa shape index (κ3) is 2.23. The van der Waals surface area contributed by atoms with E-state index in [9.17, 15) is 0 Å². The van der Waals surface area contributed by atoms with Crippen molar-refractivity contribution in [2.24, 2.45) is 0 Å². The Morgan fingerprint density at radius 1 is 1.33 bits per heavy atom. The van der Waals surface area contributed by atoms with Crippen LogP contribution in [0.5, 0.6) is 5.75 Å². The third-order valence-corrected chi connectivity index (χ3v) is 3.83. The lowest BCUT2D eigenvalue weighted by molar-refractivity contribution is 0.382. The van der Waals surface area contributed by atoms with Gasteiger partial charge in [-0.15, -0.1) is 0 Å². The molecule has 0 saturated carbocycles. The Morgan fingerprint density at radius 3 is 3.06 bits per heavy atom. The van der Waals surface area contributed by atoms with E-state index in [1.807, 2.05) is 6.20 Å². The molecule has 96 valence electrons. The summed E-state index contributed by atoms with van der Waals surface area (Å²) in [6.45, 7) is 1.15. The fourth-order valence-electron chi connectivity index (χ4n) is 2.84. The maximum Gasteiger partial charge on any atom is 0.122 e. The van der Waals surface area contributed by atoms with E-state index in [0.717, 1.165) is 18.7 Å².